The number of nitrogen functional groups attached to an aromatic ring is 1. The summed E-state index contributed by atoms with van der Waals surface area (Å²) in [5.41, 5.74) is 6.47. The van der Waals surface area contributed by atoms with Crippen LogP contribution in [0.25, 0.3) is 0 Å². The van der Waals surface area contributed by atoms with Gasteiger partial charge in [0.05, 0.1) is 5.56 Å². The van der Waals surface area contributed by atoms with E-state index in [4.69, 9.17) is 10.8 Å². The molecule has 0 saturated heterocycles. The van der Waals surface area contributed by atoms with Crippen molar-refractivity contribution in [2.45, 2.75) is 6.92 Å². The van der Waals surface area contributed by atoms with Crippen LogP contribution in [0.5, 0.6) is 0 Å². The minimum atomic E-state index is -1.06. The van der Waals surface area contributed by atoms with Crippen LogP contribution in [-0.4, -0.2) is 30.1 Å². The maximum atomic E-state index is 10.8. The van der Waals surface area contributed by atoms with Gasteiger partial charge in [0.25, 0.3) is 0 Å². The van der Waals surface area contributed by atoms with Crippen molar-refractivity contribution in [3.05, 3.63) is 23.8 Å². The van der Waals surface area contributed by atoms with E-state index in [1.807, 2.05) is 0 Å². The SMILES string of the molecule is CC(=O)NCCNc1ccc(N)c(C(=O)O)c1. The maximum Gasteiger partial charge on any atom is 0.337 e. The molecule has 1 rings (SSSR count). The second-order valence-electron chi connectivity index (χ2n) is 3.52. The monoisotopic (exact) mass is 237 g/mol. The molecule has 17 heavy (non-hydrogen) atoms. The van der Waals surface area contributed by atoms with Crippen molar-refractivity contribution in [3.8, 4) is 0 Å². The fraction of sp³-hybridized carbons (Fsp3) is 0.273. The van der Waals surface area contributed by atoms with E-state index in [0.717, 1.165) is 0 Å². The van der Waals surface area contributed by atoms with Crippen LogP contribution in [-0.2, 0) is 4.79 Å². The molecule has 0 atom stereocenters. The maximum absolute atomic E-state index is 10.8. The highest BCUT2D eigenvalue weighted by atomic mass is 16.4. The summed E-state index contributed by atoms with van der Waals surface area (Å²) in [5.74, 6) is -1.16. The Morgan fingerprint density at radius 1 is 1.35 bits per heavy atom. The summed E-state index contributed by atoms with van der Waals surface area (Å²) >= 11 is 0. The molecule has 0 aromatic heterocycles. The minimum absolute atomic E-state index is 0.0644. The molecular weight excluding hydrogens is 222 g/mol. The Bertz CT molecular complexity index is 432. The number of anilines is 2. The summed E-state index contributed by atoms with van der Waals surface area (Å²) in [6.07, 6.45) is 0. The first-order chi connectivity index (χ1) is 8.00. The third-order valence-electron chi connectivity index (χ3n) is 2.11. The van der Waals surface area contributed by atoms with Gasteiger partial charge in [0.2, 0.25) is 5.91 Å². The first-order valence-corrected chi connectivity index (χ1v) is 5.12. The Balaban J connectivity index is 2.57. The Kier molecular flexibility index (Phi) is 4.33. The van der Waals surface area contributed by atoms with Crippen LogP contribution < -0.4 is 16.4 Å². The van der Waals surface area contributed by atoms with E-state index in [2.05, 4.69) is 10.6 Å². The second-order valence-corrected chi connectivity index (χ2v) is 3.52. The second kappa shape index (κ2) is 5.74. The van der Waals surface area contributed by atoms with Gasteiger partial charge in [0.1, 0.15) is 0 Å². The third-order valence-corrected chi connectivity index (χ3v) is 2.11. The zero-order chi connectivity index (χ0) is 12.8. The van der Waals surface area contributed by atoms with Gasteiger partial charge in [0, 0.05) is 31.4 Å². The largest absolute Gasteiger partial charge is 0.478 e. The summed E-state index contributed by atoms with van der Waals surface area (Å²) in [7, 11) is 0. The van der Waals surface area contributed by atoms with Crippen LogP contribution in [0.2, 0.25) is 0 Å². The molecule has 0 aliphatic carbocycles. The first-order valence-electron chi connectivity index (χ1n) is 5.12. The molecule has 6 heteroatoms. The molecule has 0 spiro atoms. The third kappa shape index (κ3) is 4.02. The number of nitrogens with one attached hydrogen (secondary N) is 2. The first kappa shape index (κ1) is 12.8. The number of nitrogens with two attached hydrogens (primary N) is 1. The van der Waals surface area contributed by atoms with Gasteiger partial charge >= 0.3 is 5.97 Å². The zero-order valence-corrected chi connectivity index (χ0v) is 9.49. The lowest BCUT2D eigenvalue weighted by molar-refractivity contribution is -0.118. The van der Waals surface area contributed by atoms with Crippen molar-refractivity contribution in [3.63, 3.8) is 0 Å². The number of hydrogen-bond acceptors (Lipinski definition) is 4. The van der Waals surface area contributed by atoms with Gasteiger partial charge in [-0.1, -0.05) is 0 Å². The molecule has 0 fully saturated rings. The molecule has 1 aromatic rings. The lowest BCUT2D eigenvalue weighted by Gasteiger charge is -2.08. The summed E-state index contributed by atoms with van der Waals surface area (Å²) in [6.45, 7) is 2.43. The lowest BCUT2D eigenvalue weighted by atomic mass is 10.1. The average molecular weight is 237 g/mol. The van der Waals surface area contributed by atoms with Gasteiger partial charge in [0.15, 0.2) is 0 Å². The van der Waals surface area contributed by atoms with E-state index in [1.165, 1.54) is 19.1 Å². The number of aromatic carboxylic acids is 1. The van der Waals surface area contributed by atoms with E-state index >= 15 is 0 Å². The highest BCUT2D eigenvalue weighted by molar-refractivity contribution is 5.94. The zero-order valence-electron chi connectivity index (χ0n) is 9.49. The molecule has 1 aromatic carbocycles. The van der Waals surface area contributed by atoms with Crippen molar-refractivity contribution in [2.75, 3.05) is 24.1 Å². The molecule has 0 bridgehead atoms. The summed E-state index contributed by atoms with van der Waals surface area (Å²) in [5, 5.41) is 14.5. The predicted molar refractivity (Wildman–Crippen MR) is 65.0 cm³/mol. The van der Waals surface area contributed by atoms with Crippen LogP contribution in [0, 0.1) is 0 Å². The topological polar surface area (TPSA) is 104 Å². The van der Waals surface area contributed by atoms with E-state index in [1.54, 1.807) is 6.07 Å². The fourth-order valence-electron chi connectivity index (χ4n) is 1.30. The predicted octanol–water partition coefficient (Wildman–Crippen LogP) is 0.515. The number of carbonyl (C=O) groups is 2. The quantitative estimate of drug-likeness (QED) is 0.441. The number of carbonyl (C=O) groups excluding carboxylic acids is 1. The standard InChI is InChI=1S/C11H15N3O3/c1-7(15)13-4-5-14-8-2-3-10(12)9(6-8)11(16)17/h2-3,6,14H,4-5,12H2,1H3,(H,13,15)(H,16,17). The van der Waals surface area contributed by atoms with Gasteiger partial charge in [-0.3, -0.25) is 4.79 Å². The van der Waals surface area contributed by atoms with Crippen LogP contribution in [0.1, 0.15) is 17.3 Å². The Morgan fingerprint density at radius 2 is 2.06 bits per heavy atom. The van der Waals surface area contributed by atoms with Gasteiger partial charge in [-0.2, -0.15) is 0 Å². The van der Waals surface area contributed by atoms with Crippen molar-refractivity contribution in [2.24, 2.45) is 0 Å². The molecule has 1 amide bonds. The number of amides is 1. The van der Waals surface area contributed by atoms with E-state index < -0.39 is 5.97 Å². The van der Waals surface area contributed by atoms with Crippen molar-refractivity contribution in [1.82, 2.24) is 5.32 Å². The molecule has 0 radical (unpaired) electrons. The van der Waals surface area contributed by atoms with Gasteiger partial charge in [-0.05, 0) is 18.2 Å². The van der Waals surface area contributed by atoms with Crippen molar-refractivity contribution in [1.29, 1.82) is 0 Å². The Hall–Kier alpha value is -2.24. The van der Waals surface area contributed by atoms with Crippen LogP contribution >= 0.6 is 0 Å². The normalized spacial score (nSPS) is 9.71. The molecule has 0 unspecified atom stereocenters. The molecular formula is C11H15N3O3. The van der Waals surface area contributed by atoms with Gasteiger partial charge in [-0.15, -0.1) is 0 Å². The van der Waals surface area contributed by atoms with Crippen LogP contribution in [0.4, 0.5) is 11.4 Å². The molecule has 6 nitrogen and oxygen atoms in total. The summed E-state index contributed by atoms with van der Waals surface area (Å²) < 4.78 is 0. The number of rotatable bonds is 5. The summed E-state index contributed by atoms with van der Waals surface area (Å²) in [6, 6.07) is 4.69. The van der Waals surface area contributed by atoms with E-state index in [0.29, 0.717) is 18.8 Å². The number of carboxylic acids is 1. The van der Waals surface area contributed by atoms with Crippen molar-refractivity contribution >= 4 is 23.3 Å². The van der Waals surface area contributed by atoms with Gasteiger partial charge < -0.3 is 21.5 Å². The van der Waals surface area contributed by atoms with Crippen molar-refractivity contribution < 1.29 is 14.7 Å². The average Bonchev–Trinajstić information content (AvgIpc) is 2.25. The highest BCUT2D eigenvalue weighted by Crippen LogP contribution is 2.17. The van der Waals surface area contributed by atoms with Gasteiger partial charge in [-0.25, -0.2) is 4.79 Å². The van der Waals surface area contributed by atoms with E-state index in [9.17, 15) is 9.59 Å². The Morgan fingerprint density at radius 3 is 2.65 bits per heavy atom. The Labute approximate surface area is 98.8 Å². The molecule has 5 N–H and O–H groups in total. The number of carboxylic acid groups (broad SMARTS) is 1. The molecule has 92 valence electrons. The minimum Gasteiger partial charge on any atom is -0.478 e. The van der Waals surface area contributed by atoms with E-state index in [-0.39, 0.29) is 17.2 Å². The summed E-state index contributed by atoms with van der Waals surface area (Å²) in [4.78, 5) is 21.4. The fourth-order valence-corrected chi connectivity index (χ4v) is 1.30. The highest BCUT2D eigenvalue weighted by Gasteiger charge is 2.08. The molecule has 0 heterocycles. The number of hydrogen-bond donors (Lipinski definition) is 4. The molecule has 0 saturated carbocycles. The number of benzene rings is 1. The molecule has 0 aliphatic heterocycles. The van der Waals surface area contributed by atoms with Crippen LogP contribution in [0.15, 0.2) is 18.2 Å². The van der Waals surface area contributed by atoms with Crippen LogP contribution in [0.3, 0.4) is 0 Å². The smallest absolute Gasteiger partial charge is 0.337 e. The molecule has 0 aliphatic rings. The lowest BCUT2D eigenvalue weighted by Crippen LogP contribution is -2.26.